The molecule has 0 bridgehead atoms. The third kappa shape index (κ3) is 10.7. The van der Waals surface area contributed by atoms with Gasteiger partial charge in [0.25, 0.3) is 4.92 Å². The molecule has 2 aromatic carbocycles. The van der Waals surface area contributed by atoms with Crippen LogP contribution in [0.1, 0.15) is 58.4 Å². The molecule has 1 aliphatic rings. The van der Waals surface area contributed by atoms with E-state index in [1.54, 1.807) is 23.9 Å². The summed E-state index contributed by atoms with van der Waals surface area (Å²) >= 11 is 1.68. The molecule has 8 nitrogen and oxygen atoms in total. The first-order valence-electron chi connectivity index (χ1n) is 16.1. The number of anilines is 2. The molecule has 1 saturated carbocycles. The zero-order valence-electron chi connectivity index (χ0n) is 27.9. The lowest BCUT2D eigenvalue weighted by Crippen LogP contribution is -2.28. The van der Waals surface area contributed by atoms with Gasteiger partial charge in [0.2, 0.25) is 5.95 Å². The fourth-order valence-electron chi connectivity index (χ4n) is 5.39. The molecule has 0 aliphatic heterocycles. The highest BCUT2D eigenvalue weighted by Crippen LogP contribution is 2.34. The van der Waals surface area contributed by atoms with Gasteiger partial charge in [0.05, 0.1) is 10.4 Å². The van der Waals surface area contributed by atoms with Crippen LogP contribution in [0.15, 0.2) is 83.1 Å². The number of aromatic nitrogens is 2. The van der Waals surface area contributed by atoms with E-state index in [0.717, 1.165) is 51.6 Å². The molecule has 3 aromatic rings. The third-order valence-corrected chi connectivity index (χ3v) is 8.84. The van der Waals surface area contributed by atoms with Gasteiger partial charge in [-0.05, 0) is 80.3 Å². The molecule has 45 heavy (non-hydrogen) atoms. The van der Waals surface area contributed by atoms with Crippen molar-refractivity contribution in [2.24, 2.45) is 11.8 Å². The average molecular weight is 632 g/mol. The number of para-hydroxylation sites is 1. The first-order valence-corrected chi connectivity index (χ1v) is 16.9. The van der Waals surface area contributed by atoms with Crippen LogP contribution in [0.25, 0.3) is 10.9 Å². The molecule has 0 amide bonds. The molecule has 1 aliphatic carbocycles. The number of nitrogens with zero attached hydrogens (tertiary/aromatic N) is 4. The van der Waals surface area contributed by atoms with Gasteiger partial charge >= 0.3 is 5.69 Å². The molecular weight excluding hydrogens is 581 g/mol. The maximum absolute atomic E-state index is 12.2. The van der Waals surface area contributed by atoms with Crippen LogP contribution in [0.3, 0.4) is 0 Å². The molecule has 1 fully saturated rings. The topological polar surface area (TPSA) is 82.4 Å². The van der Waals surface area contributed by atoms with E-state index in [1.165, 1.54) is 32.8 Å². The Bertz CT molecular complexity index is 1450. The van der Waals surface area contributed by atoms with Gasteiger partial charge in [-0.15, -0.1) is 0 Å². The fourth-order valence-corrected chi connectivity index (χ4v) is 6.37. The number of fused-ring (bicyclic) bond motifs is 1. The first kappa shape index (κ1) is 35.8. The van der Waals surface area contributed by atoms with E-state index in [0.29, 0.717) is 34.9 Å². The number of allylic oxidation sites excluding steroid dienone is 4. The van der Waals surface area contributed by atoms with E-state index in [-0.39, 0.29) is 0 Å². The quantitative estimate of drug-likeness (QED) is 0.0978. The maximum Gasteiger partial charge on any atom is 0.317 e. The van der Waals surface area contributed by atoms with E-state index >= 15 is 0 Å². The van der Waals surface area contributed by atoms with E-state index in [9.17, 15) is 4.91 Å². The second-order valence-corrected chi connectivity index (χ2v) is 12.2. The summed E-state index contributed by atoms with van der Waals surface area (Å²) < 4.78 is 0. The van der Waals surface area contributed by atoms with Crippen molar-refractivity contribution < 1.29 is 9.76 Å². The fraction of sp³-hybridized carbons (Fsp3) is 0.444. The van der Waals surface area contributed by atoms with Crippen LogP contribution in [0.5, 0.6) is 0 Å². The summed E-state index contributed by atoms with van der Waals surface area (Å²) in [7, 11) is 5.42. The Morgan fingerprint density at radius 3 is 2.47 bits per heavy atom. The highest BCUT2D eigenvalue weighted by Gasteiger charge is 2.22. The van der Waals surface area contributed by atoms with Gasteiger partial charge < -0.3 is 15.5 Å². The predicted octanol–water partition coefficient (Wildman–Crippen LogP) is 8.83. The molecule has 4 rings (SSSR count). The summed E-state index contributed by atoms with van der Waals surface area (Å²) in [5.74, 6) is 2.87. The standard InChI is InChI=1S/C34H45N6O2S.C2H6/c1-6-8-12-29(11-7-2)43-32-20-19-28(40(41)42-5)21-27(32)24-35-22-25-15-17-26(18-16-25)23-36-34-37-31-14-10-9-13-30(31)33(38-34)39(3)4;1-2/h7-14,19-21,25-26,35H,2,6,15-18,22-24H2,1,3-5H3,(H,36,37,38);1-2H3/q+1;/b12-8-,29-11+;. The van der Waals surface area contributed by atoms with Crippen molar-refractivity contribution in [2.45, 2.75) is 64.3 Å². The number of nitrogens with one attached hydrogen (secondary N) is 2. The van der Waals surface area contributed by atoms with Crippen molar-refractivity contribution in [1.29, 1.82) is 0 Å². The molecule has 9 heteroatoms. The van der Waals surface area contributed by atoms with Gasteiger partial charge in [0.1, 0.15) is 5.82 Å². The summed E-state index contributed by atoms with van der Waals surface area (Å²) in [6.07, 6.45) is 13.8. The van der Waals surface area contributed by atoms with E-state index < -0.39 is 0 Å². The molecule has 0 saturated heterocycles. The summed E-state index contributed by atoms with van der Waals surface area (Å²) in [6.45, 7) is 12.5. The van der Waals surface area contributed by atoms with Crippen LogP contribution in [-0.2, 0) is 11.4 Å². The lowest BCUT2D eigenvalue weighted by Gasteiger charge is -2.29. The minimum absolute atomic E-state index is 0.489. The highest BCUT2D eigenvalue weighted by atomic mass is 32.2. The lowest BCUT2D eigenvalue weighted by atomic mass is 9.82. The Hall–Kier alpha value is -3.69. The normalized spacial score (nSPS) is 16.6. The number of benzene rings is 2. The lowest BCUT2D eigenvalue weighted by molar-refractivity contribution is -0.736. The molecule has 0 atom stereocenters. The molecule has 0 radical (unpaired) electrons. The van der Waals surface area contributed by atoms with Gasteiger partial charge in [0.15, 0.2) is 7.11 Å². The van der Waals surface area contributed by atoms with Gasteiger partial charge in [0, 0.05) is 54.5 Å². The average Bonchev–Trinajstić information content (AvgIpc) is 3.07. The van der Waals surface area contributed by atoms with Gasteiger partial charge in [-0.3, -0.25) is 0 Å². The Kier molecular flexibility index (Phi) is 15.1. The van der Waals surface area contributed by atoms with E-state index in [2.05, 4.69) is 42.4 Å². The van der Waals surface area contributed by atoms with Gasteiger partial charge in [-0.1, -0.05) is 69.5 Å². The zero-order valence-corrected chi connectivity index (χ0v) is 28.7. The number of hydrogen-bond acceptors (Lipinski definition) is 8. The second kappa shape index (κ2) is 19.0. The summed E-state index contributed by atoms with van der Waals surface area (Å²) in [6, 6.07) is 13.9. The van der Waals surface area contributed by atoms with Crippen molar-refractivity contribution >= 4 is 40.1 Å². The zero-order chi connectivity index (χ0) is 32.6. The molecule has 0 spiro atoms. The van der Waals surface area contributed by atoms with Gasteiger partial charge in [-0.2, -0.15) is 4.98 Å². The van der Waals surface area contributed by atoms with Crippen molar-refractivity contribution in [1.82, 2.24) is 15.3 Å². The van der Waals surface area contributed by atoms with Crippen LogP contribution in [0, 0.1) is 16.7 Å². The Morgan fingerprint density at radius 2 is 1.80 bits per heavy atom. The molecule has 242 valence electrons. The monoisotopic (exact) mass is 631 g/mol. The number of rotatable bonds is 15. The number of thioether (sulfide) groups is 1. The Balaban J connectivity index is 0.00000271. The second-order valence-electron chi connectivity index (χ2n) is 11.1. The molecule has 1 aromatic heterocycles. The molecule has 0 unspecified atom stereocenters. The minimum Gasteiger partial charge on any atom is -0.362 e. The van der Waals surface area contributed by atoms with Crippen molar-refractivity contribution in [3.8, 4) is 0 Å². The number of hydrogen-bond donors (Lipinski definition) is 2. The SMILES string of the molecule is C=C/C=C(\C=C/CC)Sc1ccc([N+](=O)OC)cc1CNCC1CCC(CNc2nc(N(C)C)c3ccccc3n2)CC1.CC. The van der Waals surface area contributed by atoms with E-state index in [4.69, 9.17) is 14.8 Å². The van der Waals surface area contributed by atoms with Crippen LogP contribution >= 0.6 is 11.8 Å². The molecule has 2 N–H and O–H groups in total. The molecule has 1 heterocycles. The van der Waals surface area contributed by atoms with Crippen molar-refractivity contribution in [2.75, 3.05) is 44.5 Å². The predicted molar refractivity (Wildman–Crippen MR) is 191 cm³/mol. The van der Waals surface area contributed by atoms with Crippen molar-refractivity contribution in [3.63, 3.8) is 0 Å². The van der Waals surface area contributed by atoms with Crippen molar-refractivity contribution in [3.05, 3.63) is 88.7 Å². The maximum atomic E-state index is 12.2. The minimum atomic E-state index is 0.489. The Labute approximate surface area is 274 Å². The Morgan fingerprint density at radius 1 is 1.09 bits per heavy atom. The third-order valence-electron chi connectivity index (χ3n) is 7.72. The largest absolute Gasteiger partial charge is 0.362 e. The summed E-state index contributed by atoms with van der Waals surface area (Å²) in [4.78, 5) is 31.4. The van der Waals surface area contributed by atoms with Crippen LogP contribution in [0.4, 0.5) is 17.5 Å². The summed E-state index contributed by atoms with van der Waals surface area (Å²) in [5, 5.41) is 8.26. The highest BCUT2D eigenvalue weighted by molar-refractivity contribution is 8.03. The first-order chi connectivity index (χ1) is 21.9. The smallest absolute Gasteiger partial charge is 0.317 e. The van der Waals surface area contributed by atoms with Crippen LogP contribution in [-0.4, -0.2) is 49.2 Å². The summed E-state index contributed by atoms with van der Waals surface area (Å²) in [5.41, 5.74) is 2.52. The van der Waals surface area contributed by atoms with Crippen LogP contribution in [0.2, 0.25) is 0 Å². The van der Waals surface area contributed by atoms with E-state index in [1.807, 2.05) is 69.3 Å². The molecular formula is C36H51N6O2S+. The van der Waals surface area contributed by atoms with Gasteiger partial charge in [-0.25, -0.2) is 9.82 Å². The van der Waals surface area contributed by atoms with Crippen LogP contribution < -0.4 is 15.5 Å².